The molecule has 4 rings (SSSR count). The van der Waals surface area contributed by atoms with Gasteiger partial charge in [-0.3, -0.25) is 0 Å². The molecule has 3 nitrogen and oxygen atoms in total. The zero-order chi connectivity index (χ0) is 17.6. The summed E-state index contributed by atoms with van der Waals surface area (Å²) in [6.45, 7) is 7.17. The molecule has 1 aliphatic heterocycles. The van der Waals surface area contributed by atoms with Crippen LogP contribution in [0.5, 0.6) is 0 Å². The van der Waals surface area contributed by atoms with Gasteiger partial charge in [0.25, 0.3) is 0 Å². The Hall–Kier alpha value is -2.10. The summed E-state index contributed by atoms with van der Waals surface area (Å²) in [5, 5.41) is 1.29. The molecule has 3 N–H and O–H groups in total. The topological polar surface area (TPSA) is 45.0 Å². The van der Waals surface area contributed by atoms with Crippen LogP contribution in [0.2, 0.25) is 0 Å². The monoisotopic (exact) mass is 333 g/mol. The third kappa shape index (κ3) is 2.88. The van der Waals surface area contributed by atoms with E-state index in [2.05, 4.69) is 73.2 Å². The van der Waals surface area contributed by atoms with Gasteiger partial charge in [0, 0.05) is 42.7 Å². The predicted molar refractivity (Wildman–Crippen MR) is 105 cm³/mol. The molecule has 0 saturated carbocycles. The van der Waals surface area contributed by atoms with Crippen LogP contribution in [0.15, 0.2) is 48.7 Å². The molecule has 0 saturated heterocycles. The Morgan fingerprint density at radius 1 is 1.16 bits per heavy atom. The second kappa shape index (κ2) is 6.01. The lowest BCUT2D eigenvalue weighted by Crippen LogP contribution is -2.32. The Morgan fingerprint density at radius 3 is 2.80 bits per heavy atom. The average Bonchev–Trinajstić information content (AvgIpc) is 3.08. The summed E-state index contributed by atoms with van der Waals surface area (Å²) in [7, 11) is 2.21. The molecule has 25 heavy (non-hydrogen) atoms. The van der Waals surface area contributed by atoms with Crippen molar-refractivity contribution >= 4 is 10.9 Å². The van der Waals surface area contributed by atoms with Gasteiger partial charge in [-0.1, -0.05) is 38.1 Å². The van der Waals surface area contributed by atoms with Crippen LogP contribution in [-0.2, 0) is 12.0 Å². The van der Waals surface area contributed by atoms with Gasteiger partial charge in [-0.15, -0.1) is 0 Å². The van der Waals surface area contributed by atoms with Crippen LogP contribution in [0, 0.1) is 0 Å². The molecule has 1 aromatic heterocycles. The Bertz CT molecular complexity index is 907. The fourth-order valence-electron chi connectivity index (χ4n) is 3.96. The molecule has 0 bridgehead atoms. The number of hydrogen-bond acceptors (Lipinski definition) is 2. The van der Waals surface area contributed by atoms with Crippen molar-refractivity contribution in [1.82, 2.24) is 9.88 Å². The second-order valence-corrected chi connectivity index (χ2v) is 8.08. The molecule has 3 heteroatoms. The van der Waals surface area contributed by atoms with E-state index in [1.807, 2.05) is 6.20 Å². The quantitative estimate of drug-likeness (QED) is 0.761. The molecular formula is C22H27N3. The number of benzene rings is 2. The Morgan fingerprint density at radius 2 is 2.00 bits per heavy atom. The van der Waals surface area contributed by atoms with Crippen molar-refractivity contribution in [3.63, 3.8) is 0 Å². The lowest BCUT2D eigenvalue weighted by atomic mass is 9.79. The minimum Gasteiger partial charge on any atom is -0.361 e. The maximum atomic E-state index is 5.99. The highest BCUT2D eigenvalue weighted by Gasteiger charge is 2.27. The van der Waals surface area contributed by atoms with Gasteiger partial charge in [0.1, 0.15) is 0 Å². The summed E-state index contributed by atoms with van der Waals surface area (Å²) in [5.74, 6) is 0.420. The van der Waals surface area contributed by atoms with E-state index < -0.39 is 0 Å². The number of aromatic amines is 1. The zero-order valence-corrected chi connectivity index (χ0v) is 15.3. The van der Waals surface area contributed by atoms with Crippen molar-refractivity contribution in [3.8, 4) is 0 Å². The third-order valence-electron chi connectivity index (χ3n) is 5.72. The third-order valence-corrected chi connectivity index (χ3v) is 5.72. The molecule has 0 fully saturated rings. The molecule has 1 unspecified atom stereocenters. The van der Waals surface area contributed by atoms with E-state index in [9.17, 15) is 0 Å². The van der Waals surface area contributed by atoms with Crippen molar-refractivity contribution < 1.29 is 0 Å². The van der Waals surface area contributed by atoms with E-state index in [4.69, 9.17) is 5.73 Å². The van der Waals surface area contributed by atoms with Gasteiger partial charge in [-0.05, 0) is 52.9 Å². The maximum absolute atomic E-state index is 5.99. The van der Waals surface area contributed by atoms with E-state index in [1.165, 1.54) is 33.2 Å². The fraction of sp³-hybridized carbons (Fsp3) is 0.364. The lowest BCUT2D eigenvalue weighted by Gasteiger charge is -2.34. The molecule has 2 heterocycles. The Labute approximate surface area is 149 Å². The number of aromatic nitrogens is 1. The van der Waals surface area contributed by atoms with Crippen LogP contribution in [0.3, 0.4) is 0 Å². The number of fused-ring (bicyclic) bond motifs is 2. The van der Waals surface area contributed by atoms with E-state index in [0.717, 1.165) is 13.1 Å². The lowest BCUT2D eigenvalue weighted by molar-refractivity contribution is 0.295. The molecule has 2 aromatic carbocycles. The molecule has 1 atom stereocenters. The van der Waals surface area contributed by atoms with Crippen molar-refractivity contribution in [3.05, 3.63) is 70.9 Å². The summed E-state index contributed by atoms with van der Waals surface area (Å²) in [4.78, 5) is 5.71. The minimum atomic E-state index is 0.0184. The summed E-state index contributed by atoms with van der Waals surface area (Å²) >= 11 is 0. The number of nitrogens with two attached hydrogens (primary N) is 1. The molecule has 0 spiro atoms. The van der Waals surface area contributed by atoms with Gasteiger partial charge in [-0.25, -0.2) is 0 Å². The molecule has 0 amide bonds. The van der Waals surface area contributed by atoms with E-state index in [-0.39, 0.29) is 5.41 Å². The van der Waals surface area contributed by atoms with Crippen LogP contribution >= 0.6 is 0 Å². The first-order valence-corrected chi connectivity index (χ1v) is 9.07. The summed E-state index contributed by atoms with van der Waals surface area (Å²) in [5.41, 5.74) is 12.8. The number of H-pyrrole nitrogens is 1. The molecule has 3 aromatic rings. The fourth-order valence-corrected chi connectivity index (χ4v) is 3.96. The van der Waals surface area contributed by atoms with Crippen molar-refractivity contribution in [1.29, 1.82) is 0 Å². The average molecular weight is 333 g/mol. The van der Waals surface area contributed by atoms with Crippen LogP contribution in [0.1, 0.15) is 42.0 Å². The molecule has 1 aliphatic rings. The summed E-state index contributed by atoms with van der Waals surface area (Å²) < 4.78 is 0. The van der Waals surface area contributed by atoms with Crippen molar-refractivity contribution in [2.24, 2.45) is 5.73 Å². The van der Waals surface area contributed by atoms with Crippen molar-refractivity contribution in [2.75, 3.05) is 20.1 Å². The highest BCUT2D eigenvalue weighted by atomic mass is 15.1. The first-order valence-electron chi connectivity index (χ1n) is 9.07. The first kappa shape index (κ1) is 16.4. The molecular weight excluding hydrogens is 306 g/mol. The normalized spacial score (nSPS) is 18.5. The highest BCUT2D eigenvalue weighted by molar-refractivity contribution is 5.80. The Kier molecular flexibility index (Phi) is 3.94. The maximum Gasteiger partial charge on any atom is 0.0454 e. The van der Waals surface area contributed by atoms with Gasteiger partial charge in [0.2, 0.25) is 0 Å². The van der Waals surface area contributed by atoms with E-state index in [1.54, 1.807) is 0 Å². The standard InChI is InChI=1S/C22H27N3/c1-22(2,14-23)18-5-6-19-17(11-18)12-25(3)13-20(19)15-4-7-21-16(10-15)8-9-24-21/h4-11,20,24H,12-14,23H2,1-3H3. The first-order chi connectivity index (χ1) is 12.0. The second-order valence-electron chi connectivity index (χ2n) is 8.08. The van der Waals surface area contributed by atoms with E-state index >= 15 is 0 Å². The van der Waals surface area contributed by atoms with Crippen LogP contribution in [0.25, 0.3) is 10.9 Å². The van der Waals surface area contributed by atoms with Crippen LogP contribution in [-0.4, -0.2) is 30.0 Å². The number of nitrogens with zero attached hydrogens (tertiary/aromatic N) is 1. The highest BCUT2D eigenvalue weighted by Crippen LogP contribution is 2.36. The summed E-state index contributed by atoms with van der Waals surface area (Å²) in [6.07, 6.45) is 2.01. The van der Waals surface area contributed by atoms with Crippen molar-refractivity contribution in [2.45, 2.75) is 31.7 Å². The van der Waals surface area contributed by atoms with Gasteiger partial charge in [0.05, 0.1) is 0 Å². The van der Waals surface area contributed by atoms with Crippen LogP contribution in [0.4, 0.5) is 0 Å². The molecule has 0 radical (unpaired) electrons. The SMILES string of the molecule is CN1Cc2cc(C(C)(C)CN)ccc2C(c2ccc3[nH]ccc3c2)C1. The number of rotatable bonds is 3. The number of hydrogen-bond donors (Lipinski definition) is 2. The summed E-state index contributed by atoms with van der Waals surface area (Å²) in [6, 6.07) is 15.9. The number of likely N-dealkylation sites (N-methyl/N-ethyl adjacent to an activating group) is 1. The smallest absolute Gasteiger partial charge is 0.0454 e. The van der Waals surface area contributed by atoms with Crippen LogP contribution < -0.4 is 5.73 Å². The minimum absolute atomic E-state index is 0.0184. The Balaban J connectivity index is 1.78. The van der Waals surface area contributed by atoms with Gasteiger partial charge in [-0.2, -0.15) is 0 Å². The van der Waals surface area contributed by atoms with E-state index in [0.29, 0.717) is 12.5 Å². The van der Waals surface area contributed by atoms with Gasteiger partial charge in [0.15, 0.2) is 0 Å². The molecule has 0 aliphatic carbocycles. The molecule has 130 valence electrons. The zero-order valence-electron chi connectivity index (χ0n) is 15.3. The largest absolute Gasteiger partial charge is 0.361 e. The number of nitrogens with one attached hydrogen (secondary N) is 1. The van der Waals surface area contributed by atoms with Gasteiger partial charge < -0.3 is 15.6 Å². The predicted octanol–water partition coefficient (Wildman–Crippen LogP) is 3.98. The van der Waals surface area contributed by atoms with Gasteiger partial charge >= 0.3 is 0 Å².